The van der Waals surface area contributed by atoms with Gasteiger partial charge >= 0.3 is 0 Å². The molecular weight excluding hydrogens is 361 g/mol. The van der Waals surface area contributed by atoms with E-state index in [1.54, 1.807) is 7.11 Å². The number of nitrogens with one attached hydrogen (secondary N) is 1. The molecule has 1 amide bonds. The smallest absolute Gasteiger partial charge is 0.256 e. The zero-order chi connectivity index (χ0) is 17.2. The standard InChI is InChI=1S/C18H19BrFNO2/c1-18(2,3)11-5-8-16(23-4)15(9-11)21-17(22)13-7-6-12(20)10-14(13)19/h5-10H,1-4H3,(H,21,22). The molecule has 0 saturated carbocycles. The molecule has 0 atom stereocenters. The van der Waals surface area contributed by atoms with Crippen molar-refractivity contribution in [2.75, 3.05) is 12.4 Å². The van der Waals surface area contributed by atoms with E-state index < -0.39 is 5.82 Å². The Hall–Kier alpha value is -1.88. The van der Waals surface area contributed by atoms with E-state index in [2.05, 4.69) is 42.0 Å². The summed E-state index contributed by atoms with van der Waals surface area (Å²) in [5, 5.41) is 2.83. The molecule has 0 unspecified atom stereocenters. The predicted octanol–water partition coefficient (Wildman–Crippen LogP) is 5.15. The number of rotatable bonds is 3. The van der Waals surface area contributed by atoms with Gasteiger partial charge in [0.05, 0.1) is 18.4 Å². The molecule has 5 heteroatoms. The molecule has 2 aromatic carbocycles. The van der Waals surface area contributed by atoms with Gasteiger partial charge in [0.25, 0.3) is 5.91 Å². The zero-order valence-electron chi connectivity index (χ0n) is 13.5. The predicted molar refractivity (Wildman–Crippen MR) is 93.7 cm³/mol. The van der Waals surface area contributed by atoms with E-state index in [1.165, 1.54) is 18.2 Å². The quantitative estimate of drug-likeness (QED) is 0.800. The van der Waals surface area contributed by atoms with Gasteiger partial charge in [0, 0.05) is 4.47 Å². The van der Waals surface area contributed by atoms with Crippen molar-refractivity contribution in [2.24, 2.45) is 0 Å². The molecule has 0 radical (unpaired) electrons. The minimum atomic E-state index is -0.402. The van der Waals surface area contributed by atoms with Crippen molar-refractivity contribution >= 4 is 27.5 Å². The number of methoxy groups -OCH3 is 1. The summed E-state index contributed by atoms with van der Waals surface area (Å²) in [6.07, 6.45) is 0. The number of halogens is 2. The Morgan fingerprint density at radius 3 is 2.43 bits per heavy atom. The Morgan fingerprint density at radius 2 is 1.87 bits per heavy atom. The van der Waals surface area contributed by atoms with Crippen LogP contribution in [0.4, 0.5) is 10.1 Å². The molecule has 0 aliphatic heterocycles. The number of benzene rings is 2. The van der Waals surface area contributed by atoms with Crippen LogP contribution in [-0.2, 0) is 5.41 Å². The average molecular weight is 380 g/mol. The molecule has 3 nitrogen and oxygen atoms in total. The minimum Gasteiger partial charge on any atom is -0.495 e. The van der Waals surface area contributed by atoms with E-state index in [0.717, 1.165) is 5.56 Å². The second-order valence-electron chi connectivity index (χ2n) is 6.24. The van der Waals surface area contributed by atoms with Gasteiger partial charge < -0.3 is 10.1 Å². The maximum atomic E-state index is 13.2. The summed E-state index contributed by atoms with van der Waals surface area (Å²) in [6.45, 7) is 6.28. The van der Waals surface area contributed by atoms with Crippen LogP contribution in [0.2, 0.25) is 0 Å². The van der Waals surface area contributed by atoms with Crippen molar-refractivity contribution in [3.05, 3.63) is 57.8 Å². The topological polar surface area (TPSA) is 38.3 Å². The molecule has 0 fully saturated rings. The van der Waals surface area contributed by atoms with Crippen LogP contribution in [0, 0.1) is 5.82 Å². The number of anilines is 1. The minimum absolute atomic E-state index is 0.0534. The Balaban J connectivity index is 2.36. The highest BCUT2D eigenvalue weighted by atomic mass is 79.9. The normalized spacial score (nSPS) is 11.2. The molecule has 0 bridgehead atoms. The van der Waals surface area contributed by atoms with Crippen molar-refractivity contribution < 1.29 is 13.9 Å². The highest BCUT2D eigenvalue weighted by molar-refractivity contribution is 9.10. The Kier molecular flexibility index (Phi) is 5.09. The van der Waals surface area contributed by atoms with Crippen LogP contribution in [0.25, 0.3) is 0 Å². The first-order chi connectivity index (χ1) is 10.7. The Labute approximate surface area is 144 Å². The van der Waals surface area contributed by atoms with Crippen LogP contribution in [0.15, 0.2) is 40.9 Å². The van der Waals surface area contributed by atoms with Gasteiger partial charge in [0.1, 0.15) is 11.6 Å². The second kappa shape index (κ2) is 6.71. The van der Waals surface area contributed by atoms with E-state index in [0.29, 0.717) is 21.5 Å². The van der Waals surface area contributed by atoms with Crippen LogP contribution in [0.5, 0.6) is 5.75 Å². The van der Waals surface area contributed by atoms with Gasteiger partial charge in [-0.15, -0.1) is 0 Å². The van der Waals surface area contributed by atoms with Gasteiger partial charge in [-0.25, -0.2) is 4.39 Å². The van der Waals surface area contributed by atoms with E-state index in [-0.39, 0.29) is 11.3 Å². The maximum absolute atomic E-state index is 13.2. The molecule has 2 rings (SSSR count). The van der Waals surface area contributed by atoms with Gasteiger partial charge in [0.15, 0.2) is 0 Å². The Bertz CT molecular complexity index is 738. The second-order valence-corrected chi connectivity index (χ2v) is 7.10. The summed E-state index contributed by atoms with van der Waals surface area (Å²) in [5.74, 6) is -0.161. The van der Waals surface area contributed by atoms with Gasteiger partial charge in [-0.2, -0.15) is 0 Å². The van der Waals surface area contributed by atoms with Crippen molar-refractivity contribution in [1.29, 1.82) is 0 Å². The van der Waals surface area contributed by atoms with Crippen molar-refractivity contribution in [3.8, 4) is 5.75 Å². The molecule has 0 aliphatic carbocycles. The van der Waals surface area contributed by atoms with Crippen LogP contribution in [-0.4, -0.2) is 13.0 Å². The molecule has 0 heterocycles. The first-order valence-corrected chi connectivity index (χ1v) is 7.96. The summed E-state index contributed by atoms with van der Waals surface area (Å²) in [4.78, 5) is 12.5. The molecular formula is C18H19BrFNO2. The lowest BCUT2D eigenvalue weighted by atomic mass is 9.87. The van der Waals surface area contributed by atoms with Gasteiger partial charge in [-0.3, -0.25) is 4.79 Å². The number of hydrogen-bond acceptors (Lipinski definition) is 2. The fraction of sp³-hybridized carbons (Fsp3) is 0.278. The molecule has 0 aromatic heterocycles. The summed E-state index contributed by atoms with van der Waals surface area (Å²) in [7, 11) is 1.55. The van der Waals surface area contributed by atoms with Crippen molar-refractivity contribution in [1.82, 2.24) is 0 Å². The summed E-state index contributed by atoms with van der Waals surface area (Å²) >= 11 is 3.21. The van der Waals surface area contributed by atoms with Crippen LogP contribution < -0.4 is 10.1 Å². The molecule has 122 valence electrons. The third-order valence-corrected chi connectivity index (χ3v) is 4.15. The summed E-state index contributed by atoms with van der Waals surface area (Å²) in [6, 6.07) is 9.65. The molecule has 0 saturated heterocycles. The molecule has 0 spiro atoms. The monoisotopic (exact) mass is 379 g/mol. The molecule has 23 heavy (non-hydrogen) atoms. The highest BCUT2D eigenvalue weighted by Crippen LogP contribution is 2.32. The largest absolute Gasteiger partial charge is 0.495 e. The lowest BCUT2D eigenvalue weighted by Crippen LogP contribution is -2.16. The number of carbonyl (C=O) groups excluding carboxylic acids is 1. The summed E-state index contributed by atoms with van der Waals surface area (Å²) in [5.41, 5.74) is 1.96. The zero-order valence-corrected chi connectivity index (χ0v) is 15.1. The number of amides is 1. The highest BCUT2D eigenvalue weighted by Gasteiger charge is 2.18. The number of carbonyl (C=O) groups is 1. The van der Waals surface area contributed by atoms with Gasteiger partial charge in [-0.05, 0) is 57.2 Å². The molecule has 0 aliphatic rings. The van der Waals surface area contributed by atoms with E-state index in [4.69, 9.17) is 4.74 Å². The first kappa shape index (κ1) is 17.5. The van der Waals surface area contributed by atoms with Crippen molar-refractivity contribution in [2.45, 2.75) is 26.2 Å². The van der Waals surface area contributed by atoms with Crippen LogP contribution >= 0.6 is 15.9 Å². The lowest BCUT2D eigenvalue weighted by Gasteiger charge is -2.21. The van der Waals surface area contributed by atoms with Gasteiger partial charge in [0.2, 0.25) is 0 Å². The third-order valence-electron chi connectivity index (χ3n) is 3.49. The molecule has 1 N–H and O–H groups in total. The van der Waals surface area contributed by atoms with E-state index in [1.807, 2.05) is 18.2 Å². The average Bonchev–Trinajstić information content (AvgIpc) is 2.46. The molecule has 2 aromatic rings. The Morgan fingerprint density at radius 1 is 1.17 bits per heavy atom. The third kappa shape index (κ3) is 4.10. The number of ether oxygens (including phenoxy) is 1. The SMILES string of the molecule is COc1ccc(C(C)(C)C)cc1NC(=O)c1ccc(F)cc1Br. The van der Waals surface area contributed by atoms with Gasteiger partial charge in [-0.1, -0.05) is 26.8 Å². The van der Waals surface area contributed by atoms with Crippen LogP contribution in [0.1, 0.15) is 36.7 Å². The maximum Gasteiger partial charge on any atom is 0.256 e. The van der Waals surface area contributed by atoms with Crippen molar-refractivity contribution in [3.63, 3.8) is 0 Å². The summed E-state index contributed by atoms with van der Waals surface area (Å²) < 4.78 is 18.9. The van der Waals surface area contributed by atoms with E-state index >= 15 is 0 Å². The number of hydrogen-bond donors (Lipinski definition) is 1. The first-order valence-electron chi connectivity index (χ1n) is 7.17. The van der Waals surface area contributed by atoms with Crippen LogP contribution in [0.3, 0.4) is 0 Å². The fourth-order valence-corrected chi connectivity index (χ4v) is 2.67. The lowest BCUT2D eigenvalue weighted by molar-refractivity contribution is 0.102. The fourth-order valence-electron chi connectivity index (χ4n) is 2.14. The van der Waals surface area contributed by atoms with E-state index in [9.17, 15) is 9.18 Å².